The Bertz CT molecular complexity index is 1250. The zero-order valence-corrected chi connectivity index (χ0v) is 23.1. The van der Waals surface area contributed by atoms with Crippen LogP contribution in [0, 0.1) is 5.92 Å². The third-order valence-corrected chi connectivity index (χ3v) is 7.83. The highest BCUT2D eigenvalue weighted by atomic mass is 16.5. The van der Waals surface area contributed by atoms with Crippen molar-refractivity contribution >= 4 is 18.0 Å². The molecule has 1 aliphatic carbocycles. The van der Waals surface area contributed by atoms with E-state index in [0.717, 1.165) is 41.7 Å². The lowest BCUT2D eigenvalue weighted by molar-refractivity contribution is -0.137. The summed E-state index contributed by atoms with van der Waals surface area (Å²) in [6.07, 6.45) is 14.1. The zero-order chi connectivity index (χ0) is 28.2. The lowest BCUT2D eigenvalue weighted by Gasteiger charge is -2.22. The van der Waals surface area contributed by atoms with Crippen molar-refractivity contribution in [2.45, 2.75) is 76.7 Å². The van der Waals surface area contributed by atoms with Crippen molar-refractivity contribution in [2.75, 3.05) is 0 Å². The van der Waals surface area contributed by atoms with Crippen LogP contribution < -0.4 is 4.74 Å². The lowest BCUT2D eigenvalue weighted by Crippen LogP contribution is -2.05. The number of carboxylic acids is 2. The number of carbonyl (C=O) groups is 2. The lowest BCUT2D eigenvalue weighted by atomic mass is 9.84. The van der Waals surface area contributed by atoms with E-state index in [0.29, 0.717) is 18.9 Å². The summed E-state index contributed by atoms with van der Waals surface area (Å²) in [5.41, 5.74) is 4.92. The molecule has 0 bridgehead atoms. The third-order valence-electron chi connectivity index (χ3n) is 7.83. The largest absolute Gasteiger partial charge is 0.488 e. The first-order chi connectivity index (χ1) is 19.5. The smallest absolute Gasteiger partial charge is 0.335 e. The van der Waals surface area contributed by atoms with Crippen LogP contribution in [0.25, 0.3) is 6.08 Å². The van der Waals surface area contributed by atoms with Gasteiger partial charge in [0.25, 0.3) is 0 Å². The van der Waals surface area contributed by atoms with Gasteiger partial charge < -0.3 is 14.9 Å². The number of aliphatic carboxylic acids is 1. The van der Waals surface area contributed by atoms with Crippen molar-refractivity contribution in [2.24, 2.45) is 5.92 Å². The molecule has 0 amide bonds. The Morgan fingerprint density at radius 3 is 2.25 bits per heavy atom. The summed E-state index contributed by atoms with van der Waals surface area (Å²) in [5, 5.41) is 18.2. The quantitative estimate of drug-likeness (QED) is 0.200. The number of allylic oxidation sites excluding steroid dienone is 1. The van der Waals surface area contributed by atoms with Gasteiger partial charge in [0.2, 0.25) is 0 Å². The van der Waals surface area contributed by atoms with Crippen LogP contribution in [-0.4, -0.2) is 22.2 Å². The molecule has 2 N–H and O–H groups in total. The van der Waals surface area contributed by atoms with Crippen molar-refractivity contribution in [3.63, 3.8) is 0 Å². The zero-order valence-electron chi connectivity index (χ0n) is 23.1. The summed E-state index contributed by atoms with van der Waals surface area (Å²) >= 11 is 0. The molecule has 5 heteroatoms. The predicted octanol–water partition coefficient (Wildman–Crippen LogP) is 8.53. The summed E-state index contributed by atoms with van der Waals surface area (Å²) in [7, 11) is 0. The second kappa shape index (κ2) is 15.1. The molecular formula is C35H40O5. The number of rotatable bonds is 14. The van der Waals surface area contributed by atoms with Crippen LogP contribution in [0.5, 0.6) is 5.75 Å². The molecule has 0 heterocycles. The van der Waals surface area contributed by atoms with E-state index < -0.39 is 11.9 Å². The Morgan fingerprint density at radius 1 is 0.850 bits per heavy atom. The number of benzene rings is 3. The third kappa shape index (κ3) is 9.11. The molecule has 1 saturated carbocycles. The first-order valence-electron chi connectivity index (χ1n) is 14.5. The van der Waals surface area contributed by atoms with Crippen molar-refractivity contribution in [1.82, 2.24) is 0 Å². The first-order valence-corrected chi connectivity index (χ1v) is 14.5. The molecule has 1 fully saturated rings. The maximum Gasteiger partial charge on any atom is 0.335 e. The molecule has 0 spiro atoms. The first kappa shape index (κ1) is 29.1. The molecule has 5 nitrogen and oxygen atoms in total. The van der Waals surface area contributed by atoms with E-state index in [4.69, 9.17) is 9.84 Å². The van der Waals surface area contributed by atoms with Crippen LogP contribution in [0.15, 0.2) is 78.9 Å². The van der Waals surface area contributed by atoms with Gasteiger partial charge in [0, 0.05) is 12.0 Å². The van der Waals surface area contributed by atoms with Gasteiger partial charge in [-0.1, -0.05) is 92.4 Å². The summed E-state index contributed by atoms with van der Waals surface area (Å²) in [4.78, 5) is 22.2. The molecule has 210 valence electrons. The van der Waals surface area contributed by atoms with Gasteiger partial charge in [-0.05, 0) is 78.8 Å². The summed E-state index contributed by atoms with van der Waals surface area (Å²) in [6, 6.07) is 23.9. The minimum atomic E-state index is -0.937. The van der Waals surface area contributed by atoms with Crippen molar-refractivity contribution < 1.29 is 24.5 Å². The maximum atomic E-state index is 11.2. The van der Waals surface area contributed by atoms with Crippen LogP contribution >= 0.6 is 0 Å². The van der Waals surface area contributed by atoms with Gasteiger partial charge in [-0.2, -0.15) is 0 Å². The number of para-hydroxylation sites is 1. The van der Waals surface area contributed by atoms with E-state index in [-0.39, 0.29) is 17.9 Å². The second-order valence-electron chi connectivity index (χ2n) is 10.9. The van der Waals surface area contributed by atoms with Gasteiger partial charge in [-0.3, -0.25) is 4.79 Å². The van der Waals surface area contributed by atoms with E-state index in [9.17, 15) is 14.7 Å². The van der Waals surface area contributed by atoms with Crippen LogP contribution in [0.2, 0.25) is 0 Å². The highest BCUT2D eigenvalue weighted by Gasteiger charge is 2.15. The minimum Gasteiger partial charge on any atom is -0.488 e. The van der Waals surface area contributed by atoms with E-state index in [1.807, 2.05) is 36.4 Å². The standard InChI is InChI=1S/C35H40O5/c36-34(37)13-7-4-8-26(24-27-15-22-32(23-16-27)35(38)39)14-21-31-11-5-6-12-33(31)40-25-28-17-19-30(20-18-28)29-9-2-1-3-10-29/h5-6,11-12,14-23,26,29H,1-4,7-10,13,24-25H2,(H,36,37)(H,38,39)/b21-14+. The number of carboxylic acid groups (broad SMARTS) is 2. The molecule has 1 atom stereocenters. The predicted molar refractivity (Wildman–Crippen MR) is 159 cm³/mol. The highest BCUT2D eigenvalue weighted by Crippen LogP contribution is 2.33. The molecule has 0 aliphatic heterocycles. The number of ether oxygens (including phenoxy) is 1. The van der Waals surface area contributed by atoms with Crippen molar-refractivity contribution in [1.29, 1.82) is 0 Å². The van der Waals surface area contributed by atoms with Crippen LogP contribution in [0.3, 0.4) is 0 Å². The fourth-order valence-electron chi connectivity index (χ4n) is 5.51. The second-order valence-corrected chi connectivity index (χ2v) is 10.9. The topological polar surface area (TPSA) is 83.8 Å². The minimum absolute atomic E-state index is 0.169. The Kier molecular flexibility index (Phi) is 11.0. The average molecular weight is 541 g/mol. The van der Waals surface area contributed by atoms with Crippen molar-refractivity contribution in [3.8, 4) is 5.75 Å². The summed E-state index contributed by atoms with van der Waals surface area (Å²) < 4.78 is 6.25. The van der Waals surface area contributed by atoms with E-state index in [1.54, 1.807) is 12.1 Å². The monoisotopic (exact) mass is 540 g/mol. The van der Waals surface area contributed by atoms with Crippen LogP contribution in [-0.2, 0) is 17.8 Å². The summed E-state index contributed by atoms with van der Waals surface area (Å²) in [5.74, 6) is -0.00309. The average Bonchev–Trinajstić information content (AvgIpc) is 2.98. The van der Waals surface area contributed by atoms with E-state index >= 15 is 0 Å². The van der Waals surface area contributed by atoms with Gasteiger partial charge in [0.1, 0.15) is 12.4 Å². The molecular weight excluding hydrogens is 500 g/mol. The SMILES string of the molecule is O=C(O)CCCCC(/C=C/c1ccccc1OCc1ccc(C2CCCCC2)cc1)Cc1ccc(C(=O)O)cc1. The molecule has 40 heavy (non-hydrogen) atoms. The Morgan fingerprint density at radius 2 is 1.55 bits per heavy atom. The van der Waals surface area contributed by atoms with E-state index in [1.165, 1.54) is 37.7 Å². The molecule has 3 aromatic rings. The highest BCUT2D eigenvalue weighted by molar-refractivity contribution is 5.87. The van der Waals surface area contributed by atoms with Crippen LogP contribution in [0.1, 0.15) is 96.3 Å². The number of hydrogen-bond donors (Lipinski definition) is 2. The number of unbranched alkanes of at least 4 members (excludes halogenated alkanes) is 1. The van der Waals surface area contributed by atoms with Gasteiger partial charge in [0.05, 0.1) is 5.56 Å². The molecule has 0 radical (unpaired) electrons. The Labute approximate surface area is 237 Å². The Hall–Kier alpha value is -3.86. The Balaban J connectivity index is 1.40. The fraction of sp³-hybridized carbons (Fsp3) is 0.371. The number of aromatic carboxylic acids is 1. The molecule has 0 aromatic heterocycles. The molecule has 1 aliphatic rings. The van der Waals surface area contributed by atoms with Gasteiger partial charge in [-0.15, -0.1) is 0 Å². The fourth-order valence-corrected chi connectivity index (χ4v) is 5.51. The molecule has 3 aromatic carbocycles. The maximum absolute atomic E-state index is 11.2. The van der Waals surface area contributed by atoms with E-state index in [2.05, 4.69) is 36.4 Å². The van der Waals surface area contributed by atoms with Crippen LogP contribution in [0.4, 0.5) is 0 Å². The number of hydrogen-bond acceptors (Lipinski definition) is 3. The van der Waals surface area contributed by atoms with Gasteiger partial charge in [-0.25, -0.2) is 4.79 Å². The molecule has 4 rings (SSSR count). The summed E-state index contributed by atoms with van der Waals surface area (Å²) in [6.45, 7) is 0.504. The van der Waals surface area contributed by atoms with Gasteiger partial charge in [0.15, 0.2) is 0 Å². The molecule has 1 unspecified atom stereocenters. The van der Waals surface area contributed by atoms with Gasteiger partial charge >= 0.3 is 11.9 Å². The normalized spacial score (nSPS) is 14.7. The molecule has 0 saturated heterocycles. The van der Waals surface area contributed by atoms with Crippen molar-refractivity contribution in [3.05, 3.63) is 107 Å².